The molecule has 0 saturated carbocycles. The Kier molecular flexibility index (Phi) is 5.23. The Hall–Kier alpha value is -1.06. The summed E-state index contributed by atoms with van der Waals surface area (Å²) in [6.07, 6.45) is 2.71. The maximum Gasteiger partial charge on any atom is 0.230 e. The van der Waals surface area contributed by atoms with Crippen molar-refractivity contribution in [3.63, 3.8) is 0 Å². The van der Waals surface area contributed by atoms with Gasteiger partial charge in [-0.05, 0) is 43.9 Å². The second-order valence-corrected chi connectivity index (χ2v) is 5.33. The lowest BCUT2D eigenvalue weighted by Gasteiger charge is -2.14. The third-order valence-electron chi connectivity index (χ3n) is 3.51. The number of carbonyl (C=O) groups excluding carboxylic acids is 1. The van der Waals surface area contributed by atoms with Crippen LogP contribution >= 0.6 is 11.6 Å². The first-order valence-electron chi connectivity index (χ1n) is 6.78. The summed E-state index contributed by atoms with van der Waals surface area (Å²) in [7, 11) is 0. The van der Waals surface area contributed by atoms with Gasteiger partial charge in [0.15, 0.2) is 0 Å². The van der Waals surface area contributed by atoms with E-state index in [0.717, 1.165) is 24.9 Å². The molecule has 1 aliphatic heterocycles. The Morgan fingerprint density at radius 1 is 1.53 bits per heavy atom. The van der Waals surface area contributed by atoms with Crippen LogP contribution < -0.4 is 5.32 Å². The number of nitrogens with one attached hydrogen (secondary N) is 1. The van der Waals surface area contributed by atoms with Crippen molar-refractivity contribution in [3.05, 3.63) is 29.8 Å². The van der Waals surface area contributed by atoms with E-state index in [4.69, 9.17) is 16.3 Å². The third kappa shape index (κ3) is 3.95. The van der Waals surface area contributed by atoms with Crippen molar-refractivity contribution in [2.45, 2.75) is 32.3 Å². The number of carbonyl (C=O) groups is 1. The van der Waals surface area contributed by atoms with Crippen LogP contribution in [-0.2, 0) is 16.0 Å². The predicted octanol–water partition coefficient (Wildman–Crippen LogP) is 3.22. The van der Waals surface area contributed by atoms with Gasteiger partial charge in [-0.15, -0.1) is 11.6 Å². The fraction of sp³-hybridized carbons (Fsp3) is 0.533. The second-order valence-electron chi connectivity index (χ2n) is 4.95. The third-order valence-corrected chi connectivity index (χ3v) is 3.77. The molecule has 3 nitrogen and oxygen atoms in total. The highest BCUT2D eigenvalue weighted by molar-refractivity contribution is 6.17. The fourth-order valence-corrected chi connectivity index (χ4v) is 2.52. The summed E-state index contributed by atoms with van der Waals surface area (Å²) in [4.78, 5) is 12.1. The van der Waals surface area contributed by atoms with E-state index >= 15 is 0 Å². The van der Waals surface area contributed by atoms with Crippen molar-refractivity contribution < 1.29 is 9.53 Å². The minimum absolute atomic E-state index is 0.0134. The molecule has 2 unspecified atom stereocenters. The van der Waals surface area contributed by atoms with Gasteiger partial charge in [-0.1, -0.05) is 12.1 Å². The number of anilines is 1. The molecule has 1 aromatic carbocycles. The van der Waals surface area contributed by atoms with Gasteiger partial charge in [0.05, 0.1) is 12.0 Å². The summed E-state index contributed by atoms with van der Waals surface area (Å²) in [6, 6.07) is 7.96. The van der Waals surface area contributed by atoms with Gasteiger partial charge >= 0.3 is 0 Å². The van der Waals surface area contributed by atoms with E-state index in [2.05, 4.69) is 11.4 Å². The molecule has 0 bridgehead atoms. The number of halogens is 1. The molecule has 0 aliphatic carbocycles. The monoisotopic (exact) mass is 281 g/mol. The molecule has 4 heteroatoms. The van der Waals surface area contributed by atoms with Gasteiger partial charge in [0.2, 0.25) is 5.91 Å². The minimum atomic E-state index is -0.0357. The van der Waals surface area contributed by atoms with Gasteiger partial charge in [0.25, 0.3) is 0 Å². The lowest BCUT2D eigenvalue weighted by Crippen LogP contribution is -2.27. The number of amides is 1. The SMILES string of the molecule is CC1OCCC1C(=O)Nc1cccc(CCCCl)c1. The maximum atomic E-state index is 12.1. The molecule has 1 N–H and O–H groups in total. The topological polar surface area (TPSA) is 38.3 Å². The highest BCUT2D eigenvalue weighted by Crippen LogP contribution is 2.22. The van der Waals surface area contributed by atoms with Crippen LogP contribution in [0.1, 0.15) is 25.3 Å². The molecule has 2 rings (SSSR count). The summed E-state index contributed by atoms with van der Waals surface area (Å²) in [6.45, 7) is 2.63. The Morgan fingerprint density at radius 3 is 3.05 bits per heavy atom. The Labute approximate surface area is 119 Å². The number of hydrogen-bond donors (Lipinski definition) is 1. The average Bonchev–Trinajstić information content (AvgIpc) is 2.83. The summed E-state index contributed by atoms with van der Waals surface area (Å²) < 4.78 is 5.43. The molecule has 1 fully saturated rings. The Morgan fingerprint density at radius 2 is 2.37 bits per heavy atom. The first-order chi connectivity index (χ1) is 9.20. The van der Waals surface area contributed by atoms with Gasteiger partial charge in [0, 0.05) is 18.2 Å². The zero-order chi connectivity index (χ0) is 13.7. The van der Waals surface area contributed by atoms with Crippen LogP contribution in [0.3, 0.4) is 0 Å². The predicted molar refractivity (Wildman–Crippen MR) is 77.6 cm³/mol. The fourth-order valence-electron chi connectivity index (χ4n) is 2.39. The van der Waals surface area contributed by atoms with Crippen LogP contribution in [0.25, 0.3) is 0 Å². The first kappa shape index (κ1) is 14.4. The molecule has 0 radical (unpaired) electrons. The Balaban J connectivity index is 1.96. The molecule has 0 aromatic heterocycles. The van der Waals surface area contributed by atoms with Crippen LogP contribution in [0.4, 0.5) is 5.69 Å². The standard InChI is InChI=1S/C15H20ClNO2/c1-11-14(7-9-19-11)15(18)17-13-6-2-4-12(10-13)5-3-8-16/h2,4,6,10-11,14H,3,5,7-9H2,1H3,(H,17,18). The number of ether oxygens (including phenoxy) is 1. The van der Waals surface area contributed by atoms with E-state index in [1.165, 1.54) is 5.56 Å². The van der Waals surface area contributed by atoms with Gasteiger partial charge in [-0.3, -0.25) is 4.79 Å². The van der Waals surface area contributed by atoms with E-state index < -0.39 is 0 Å². The van der Waals surface area contributed by atoms with Crippen molar-refractivity contribution in [2.24, 2.45) is 5.92 Å². The molecule has 1 heterocycles. The van der Waals surface area contributed by atoms with E-state index in [1.807, 2.05) is 25.1 Å². The molecular weight excluding hydrogens is 262 g/mol. The lowest BCUT2D eigenvalue weighted by molar-refractivity contribution is -0.121. The quantitative estimate of drug-likeness (QED) is 0.842. The number of alkyl halides is 1. The summed E-state index contributed by atoms with van der Waals surface area (Å²) >= 11 is 5.69. The smallest absolute Gasteiger partial charge is 0.230 e. The van der Waals surface area contributed by atoms with Crippen LogP contribution in [0.5, 0.6) is 0 Å². The van der Waals surface area contributed by atoms with Crippen molar-refractivity contribution in [2.75, 3.05) is 17.8 Å². The summed E-state index contributed by atoms with van der Waals surface area (Å²) in [5, 5.41) is 2.98. The van der Waals surface area contributed by atoms with E-state index in [-0.39, 0.29) is 17.9 Å². The molecule has 19 heavy (non-hydrogen) atoms. The van der Waals surface area contributed by atoms with Gasteiger partial charge in [-0.25, -0.2) is 0 Å². The van der Waals surface area contributed by atoms with Crippen molar-refractivity contribution >= 4 is 23.2 Å². The molecule has 2 atom stereocenters. The molecule has 1 amide bonds. The largest absolute Gasteiger partial charge is 0.378 e. The maximum absolute atomic E-state index is 12.1. The highest BCUT2D eigenvalue weighted by atomic mass is 35.5. The average molecular weight is 282 g/mol. The minimum Gasteiger partial charge on any atom is -0.378 e. The normalized spacial score (nSPS) is 22.4. The molecule has 0 spiro atoms. The summed E-state index contributed by atoms with van der Waals surface area (Å²) in [5.74, 6) is 0.680. The molecular formula is C15H20ClNO2. The zero-order valence-electron chi connectivity index (χ0n) is 11.2. The van der Waals surface area contributed by atoms with Gasteiger partial charge in [-0.2, -0.15) is 0 Å². The van der Waals surface area contributed by atoms with E-state index in [9.17, 15) is 4.79 Å². The summed E-state index contributed by atoms with van der Waals surface area (Å²) in [5.41, 5.74) is 2.06. The molecule has 1 saturated heterocycles. The Bertz CT molecular complexity index is 436. The second kappa shape index (κ2) is 6.92. The van der Waals surface area contributed by atoms with E-state index in [1.54, 1.807) is 0 Å². The number of aryl methyl sites for hydroxylation is 1. The van der Waals surface area contributed by atoms with Gasteiger partial charge in [0.1, 0.15) is 0 Å². The van der Waals surface area contributed by atoms with E-state index in [0.29, 0.717) is 12.5 Å². The number of rotatable bonds is 5. The number of benzene rings is 1. The van der Waals surface area contributed by atoms with Crippen LogP contribution in [-0.4, -0.2) is 24.5 Å². The number of hydrogen-bond acceptors (Lipinski definition) is 2. The van der Waals surface area contributed by atoms with Crippen molar-refractivity contribution in [3.8, 4) is 0 Å². The van der Waals surface area contributed by atoms with Gasteiger partial charge < -0.3 is 10.1 Å². The zero-order valence-corrected chi connectivity index (χ0v) is 12.0. The van der Waals surface area contributed by atoms with Crippen molar-refractivity contribution in [1.29, 1.82) is 0 Å². The van der Waals surface area contributed by atoms with Crippen LogP contribution in [0.15, 0.2) is 24.3 Å². The molecule has 1 aromatic rings. The molecule has 104 valence electrons. The molecule has 1 aliphatic rings. The first-order valence-corrected chi connectivity index (χ1v) is 7.31. The van der Waals surface area contributed by atoms with Crippen LogP contribution in [0, 0.1) is 5.92 Å². The van der Waals surface area contributed by atoms with Crippen LogP contribution in [0.2, 0.25) is 0 Å². The lowest BCUT2D eigenvalue weighted by atomic mass is 10.0. The van der Waals surface area contributed by atoms with Crippen molar-refractivity contribution in [1.82, 2.24) is 0 Å². The highest BCUT2D eigenvalue weighted by Gasteiger charge is 2.30.